The van der Waals surface area contributed by atoms with Crippen LogP contribution in [0, 0.1) is 13.8 Å². The molecule has 3 heterocycles. The maximum absolute atomic E-state index is 12.3. The number of hydrogen-bond acceptors (Lipinski definition) is 6. The summed E-state index contributed by atoms with van der Waals surface area (Å²) in [5, 5.41) is 13.9. The average molecular weight is 559 g/mol. The maximum atomic E-state index is 12.3. The highest BCUT2D eigenvalue weighted by molar-refractivity contribution is 7.99. The zero-order valence-corrected chi connectivity index (χ0v) is 25.0. The van der Waals surface area contributed by atoms with Crippen LogP contribution in [0.5, 0.6) is 0 Å². The Balaban J connectivity index is 1.12. The summed E-state index contributed by atoms with van der Waals surface area (Å²) >= 11 is 1.62. The topological polar surface area (TPSA) is 75.9 Å². The zero-order chi connectivity index (χ0) is 27.9. The number of likely N-dealkylation sites (tertiary alicyclic amines) is 1. The summed E-state index contributed by atoms with van der Waals surface area (Å²) in [7, 11) is 0. The van der Waals surface area contributed by atoms with Crippen molar-refractivity contribution >= 4 is 39.7 Å². The second kappa shape index (κ2) is 13.6. The van der Waals surface area contributed by atoms with Crippen molar-refractivity contribution in [3.8, 4) is 0 Å². The Labute approximate surface area is 242 Å². The molecule has 1 atom stereocenters. The summed E-state index contributed by atoms with van der Waals surface area (Å²) in [4.78, 5) is 19.8. The molecule has 40 heavy (non-hydrogen) atoms. The fourth-order valence-electron chi connectivity index (χ4n) is 5.59. The number of piperidine rings is 1. The quantitative estimate of drug-likeness (QED) is 0.163. The first-order valence-corrected chi connectivity index (χ1v) is 15.8. The number of nitrogens with one attached hydrogen (secondary N) is 1. The van der Waals surface area contributed by atoms with Crippen LogP contribution < -0.4 is 5.32 Å². The predicted molar refractivity (Wildman–Crippen MR) is 165 cm³/mol. The second-order valence-corrected chi connectivity index (χ2v) is 12.3. The van der Waals surface area contributed by atoms with Crippen molar-refractivity contribution in [1.29, 1.82) is 0 Å². The van der Waals surface area contributed by atoms with Crippen molar-refractivity contribution in [1.82, 2.24) is 30.0 Å². The summed E-state index contributed by atoms with van der Waals surface area (Å²) in [6.45, 7) is 10.3. The Hall–Kier alpha value is -2.97. The number of thioether (sulfide) groups is 1. The normalized spacial score (nSPS) is 16.1. The van der Waals surface area contributed by atoms with Crippen LogP contribution in [0.1, 0.15) is 68.6 Å². The SMILES string of the molecule is Cc1ccc(Cn2c3ccc(C)cc3c3nnc(SCCCCC(=O)NCCCN4CCCCC4C)nc32)cc1. The van der Waals surface area contributed by atoms with Gasteiger partial charge >= 0.3 is 0 Å². The maximum Gasteiger partial charge on any atom is 0.219 e. The van der Waals surface area contributed by atoms with Gasteiger partial charge in [0.2, 0.25) is 11.1 Å². The Bertz CT molecular complexity index is 1430. The lowest BCUT2D eigenvalue weighted by Crippen LogP contribution is -2.39. The van der Waals surface area contributed by atoms with Gasteiger partial charge in [-0.1, -0.05) is 59.6 Å². The van der Waals surface area contributed by atoms with Gasteiger partial charge < -0.3 is 14.8 Å². The van der Waals surface area contributed by atoms with Gasteiger partial charge in [0.1, 0.15) is 5.52 Å². The van der Waals surface area contributed by atoms with E-state index in [2.05, 4.69) is 88.2 Å². The lowest BCUT2D eigenvalue weighted by Gasteiger charge is -2.33. The molecular formula is C32H42N6OS. The molecule has 0 radical (unpaired) electrons. The minimum Gasteiger partial charge on any atom is -0.356 e. The van der Waals surface area contributed by atoms with E-state index in [9.17, 15) is 4.79 Å². The molecule has 1 aliphatic rings. The molecule has 2 aromatic carbocycles. The van der Waals surface area contributed by atoms with Crippen LogP contribution in [0.3, 0.4) is 0 Å². The molecular weight excluding hydrogens is 516 g/mol. The van der Waals surface area contributed by atoms with E-state index in [-0.39, 0.29) is 5.91 Å². The van der Waals surface area contributed by atoms with Gasteiger partial charge in [0.25, 0.3) is 0 Å². The third kappa shape index (κ3) is 7.21. The van der Waals surface area contributed by atoms with Crippen molar-refractivity contribution in [2.75, 3.05) is 25.4 Å². The minimum atomic E-state index is 0.159. The number of carbonyl (C=O) groups is 1. The van der Waals surface area contributed by atoms with Crippen LogP contribution in [-0.4, -0.2) is 62.0 Å². The molecule has 1 N–H and O–H groups in total. The number of aryl methyl sites for hydroxylation is 2. The molecule has 1 amide bonds. The van der Waals surface area contributed by atoms with Gasteiger partial charge in [-0.3, -0.25) is 4.79 Å². The lowest BCUT2D eigenvalue weighted by molar-refractivity contribution is -0.121. The molecule has 5 rings (SSSR count). The number of fused-ring (bicyclic) bond motifs is 3. The molecule has 1 aliphatic heterocycles. The highest BCUT2D eigenvalue weighted by atomic mass is 32.2. The molecule has 7 nitrogen and oxygen atoms in total. The first-order valence-electron chi connectivity index (χ1n) is 14.8. The first kappa shape index (κ1) is 28.6. The fourth-order valence-corrected chi connectivity index (χ4v) is 6.37. The van der Waals surface area contributed by atoms with E-state index in [0.29, 0.717) is 17.6 Å². The molecule has 212 valence electrons. The highest BCUT2D eigenvalue weighted by Crippen LogP contribution is 2.29. The van der Waals surface area contributed by atoms with Crippen molar-refractivity contribution in [3.63, 3.8) is 0 Å². The van der Waals surface area contributed by atoms with Crippen molar-refractivity contribution in [2.45, 2.75) is 83.5 Å². The first-order chi connectivity index (χ1) is 19.5. The van der Waals surface area contributed by atoms with E-state index in [1.165, 1.54) is 42.5 Å². The van der Waals surface area contributed by atoms with Crippen LogP contribution in [0.2, 0.25) is 0 Å². The van der Waals surface area contributed by atoms with Gasteiger partial charge in [-0.2, -0.15) is 0 Å². The monoisotopic (exact) mass is 558 g/mol. The largest absolute Gasteiger partial charge is 0.356 e. The van der Waals surface area contributed by atoms with Crippen LogP contribution in [0.15, 0.2) is 47.6 Å². The number of amides is 1. The van der Waals surface area contributed by atoms with Gasteiger partial charge in [-0.05, 0) is 77.1 Å². The second-order valence-electron chi connectivity index (χ2n) is 11.2. The summed E-state index contributed by atoms with van der Waals surface area (Å²) in [5.74, 6) is 1.02. The summed E-state index contributed by atoms with van der Waals surface area (Å²) in [6.07, 6.45) is 7.36. The molecule has 0 aliphatic carbocycles. The van der Waals surface area contributed by atoms with Crippen molar-refractivity contribution < 1.29 is 4.79 Å². The molecule has 2 aromatic heterocycles. The molecule has 0 spiro atoms. The van der Waals surface area contributed by atoms with Crippen LogP contribution in [0.4, 0.5) is 0 Å². The van der Waals surface area contributed by atoms with Gasteiger partial charge in [0, 0.05) is 43.2 Å². The molecule has 4 aromatic rings. The summed E-state index contributed by atoms with van der Waals surface area (Å²) < 4.78 is 2.25. The van der Waals surface area contributed by atoms with E-state index in [1.807, 2.05) is 0 Å². The number of rotatable bonds is 12. The fraction of sp³-hybridized carbons (Fsp3) is 0.500. The van der Waals surface area contributed by atoms with Gasteiger partial charge in [0.15, 0.2) is 5.65 Å². The van der Waals surface area contributed by atoms with E-state index in [1.54, 1.807) is 11.8 Å². The smallest absolute Gasteiger partial charge is 0.219 e. The highest BCUT2D eigenvalue weighted by Gasteiger charge is 2.18. The number of nitrogens with zero attached hydrogens (tertiary/aromatic N) is 5. The molecule has 1 fully saturated rings. The third-order valence-electron chi connectivity index (χ3n) is 7.98. The Morgan fingerprint density at radius 1 is 1.02 bits per heavy atom. The Morgan fingerprint density at radius 3 is 2.67 bits per heavy atom. The van der Waals surface area contributed by atoms with E-state index in [4.69, 9.17) is 4.98 Å². The van der Waals surface area contributed by atoms with Gasteiger partial charge in [0.05, 0.1) is 5.52 Å². The van der Waals surface area contributed by atoms with Crippen molar-refractivity contribution in [2.24, 2.45) is 0 Å². The standard InChI is InChI=1S/C32H42N6OS/c1-23-11-14-26(15-12-23)22-38-28-16-13-24(2)21-27(28)30-31(38)34-32(36-35-30)40-20-7-5-10-29(39)33-17-8-19-37-18-6-4-9-25(37)3/h11-16,21,25H,4-10,17-20,22H2,1-3H3,(H,33,39). The van der Waals surface area contributed by atoms with E-state index < -0.39 is 0 Å². The Kier molecular flexibility index (Phi) is 9.70. The summed E-state index contributed by atoms with van der Waals surface area (Å²) in [6, 6.07) is 15.8. The minimum absolute atomic E-state index is 0.159. The molecule has 1 saturated heterocycles. The molecule has 1 unspecified atom stereocenters. The number of hydrogen-bond donors (Lipinski definition) is 1. The average Bonchev–Trinajstić information content (AvgIpc) is 3.24. The number of carbonyl (C=O) groups excluding carboxylic acids is 1. The van der Waals surface area contributed by atoms with Gasteiger partial charge in [-0.25, -0.2) is 4.98 Å². The van der Waals surface area contributed by atoms with Crippen LogP contribution >= 0.6 is 11.8 Å². The third-order valence-corrected chi connectivity index (χ3v) is 8.90. The van der Waals surface area contributed by atoms with Crippen LogP contribution in [0.25, 0.3) is 22.1 Å². The predicted octanol–water partition coefficient (Wildman–Crippen LogP) is 6.29. The number of aromatic nitrogens is 4. The molecule has 8 heteroatoms. The van der Waals surface area contributed by atoms with Gasteiger partial charge in [-0.15, -0.1) is 10.2 Å². The van der Waals surface area contributed by atoms with E-state index in [0.717, 1.165) is 66.7 Å². The Morgan fingerprint density at radius 2 is 1.85 bits per heavy atom. The lowest BCUT2D eigenvalue weighted by atomic mass is 10.0. The van der Waals surface area contributed by atoms with E-state index >= 15 is 0 Å². The molecule has 0 bridgehead atoms. The number of unbranched alkanes of at least 4 members (excludes halogenated alkanes) is 1. The van der Waals surface area contributed by atoms with Crippen LogP contribution in [-0.2, 0) is 11.3 Å². The number of benzene rings is 2. The molecule has 0 saturated carbocycles. The summed E-state index contributed by atoms with van der Waals surface area (Å²) in [5.41, 5.74) is 6.53. The van der Waals surface area contributed by atoms with Crippen molar-refractivity contribution in [3.05, 3.63) is 59.2 Å². The zero-order valence-electron chi connectivity index (χ0n) is 24.2.